The molecule has 0 spiro atoms. The van der Waals surface area contributed by atoms with Crippen LogP contribution in [0.3, 0.4) is 0 Å². The summed E-state index contributed by atoms with van der Waals surface area (Å²) >= 11 is 0. The Morgan fingerprint density at radius 3 is 2.67 bits per heavy atom. The lowest BCUT2D eigenvalue weighted by atomic mass is 10.0. The van der Waals surface area contributed by atoms with Crippen molar-refractivity contribution in [1.82, 2.24) is 10.2 Å². The predicted molar refractivity (Wildman–Crippen MR) is 134 cm³/mol. The van der Waals surface area contributed by atoms with Crippen molar-refractivity contribution in [2.24, 2.45) is 5.92 Å². The highest BCUT2D eigenvalue weighted by atomic mass is 16.6. The highest BCUT2D eigenvalue weighted by molar-refractivity contribution is 5.88. The molecule has 3 fully saturated rings. The van der Waals surface area contributed by atoms with Gasteiger partial charge in [-0.05, 0) is 81.5 Å². The molecule has 0 unspecified atom stereocenters. The summed E-state index contributed by atoms with van der Waals surface area (Å²) in [5.41, 5.74) is 3.68. The van der Waals surface area contributed by atoms with Gasteiger partial charge in [-0.3, -0.25) is 4.90 Å². The summed E-state index contributed by atoms with van der Waals surface area (Å²) in [4.78, 5) is 18.6. The van der Waals surface area contributed by atoms with Crippen molar-refractivity contribution < 1.29 is 9.53 Å². The number of nitrogens with one attached hydrogen (secondary N) is 1. The smallest absolute Gasteiger partial charge is 0.414 e. The minimum atomic E-state index is -0.236. The molecule has 6 nitrogen and oxygen atoms in total. The number of allylic oxidation sites excluding steroid dienone is 3. The number of cyclic esters (lactones) is 1. The fraction of sp³-hybridized carbons (Fsp3) is 0.593. The quantitative estimate of drug-likeness (QED) is 0.644. The maximum absolute atomic E-state index is 11.9. The standard InChI is InChI=1S/C27H38N4O2/c1-29(23-8-10-24(11-9-23)31-14-5-19-33-27(31)32)17-18-30-15-12-22(13-16-30)28-26-20-25(26)21-6-3-2-4-7-21/h3,6-11,22,25-26,28H,2,4-5,12-20H2,1H3/t25-,26+/m0/s1. The first-order valence-electron chi connectivity index (χ1n) is 12.8. The molecule has 2 atom stereocenters. The van der Waals surface area contributed by atoms with Crippen LogP contribution in [0.4, 0.5) is 16.2 Å². The topological polar surface area (TPSA) is 48.0 Å². The molecular weight excluding hydrogens is 412 g/mol. The van der Waals surface area contributed by atoms with E-state index in [2.05, 4.69) is 52.5 Å². The van der Waals surface area contributed by atoms with Gasteiger partial charge in [0.25, 0.3) is 0 Å². The average Bonchev–Trinajstić information content (AvgIpc) is 3.63. The number of amides is 1. The van der Waals surface area contributed by atoms with Gasteiger partial charge in [0.1, 0.15) is 0 Å². The van der Waals surface area contributed by atoms with E-state index in [0.29, 0.717) is 18.7 Å². The SMILES string of the molecule is CN(CCN1CCC(N[C@@H]2C[C@H]2C2=CCCC=C2)CC1)c1ccc(N2CCCOC2=O)cc1. The van der Waals surface area contributed by atoms with Crippen molar-refractivity contribution in [3.8, 4) is 0 Å². The van der Waals surface area contributed by atoms with Gasteiger partial charge in [0, 0.05) is 56.1 Å². The Balaban J connectivity index is 1.02. The number of rotatable bonds is 8. The first-order valence-corrected chi connectivity index (χ1v) is 12.8. The van der Waals surface area contributed by atoms with Gasteiger partial charge in [-0.25, -0.2) is 4.79 Å². The largest absolute Gasteiger partial charge is 0.449 e. The lowest BCUT2D eigenvalue weighted by Gasteiger charge is -2.34. The second-order valence-electron chi connectivity index (χ2n) is 9.97. The first-order chi connectivity index (χ1) is 16.2. The van der Waals surface area contributed by atoms with Crippen LogP contribution in [0.2, 0.25) is 0 Å². The van der Waals surface area contributed by atoms with E-state index < -0.39 is 0 Å². The molecule has 1 saturated carbocycles. The van der Waals surface area contributed by atoms with E-state index in [1.165, 1.54) is 50.9 Å². The zero-order chi connectivity index (χ0) is 22.6. The fourth-order valence-electron chi connectivity index (χ4n) is 5.38. The summed E-state index contributed by atoms with van der Waals surface area (Å²) in [6, 6.07) is 9.65. The Bertz CT molecular complexity index is 873. The predicted octanol–water partition coefficient (Wildman–Crippen LogP) is 4.19. The third kappa shape index (κ3) is 5.61. The number of likely N-dealkylation sites (N-methyl/N-ethyl adjacent to an activating group) is 1. The number of ether oxygens (including phenoxy) is 1. The van der Waals surface area contributed by atoms with Crippen molar-refractivity contribution in [1.29, 1.82) is 0 Å². The van der Waals surface area contributed by atoms with Crippen molar-refractivity contribution in [2.75, 3.05) is 56.2 Å². The van der Waals surface area contributed by atoms with Crippen molar-refractivity contribution in [3.63, 3.8) is 0 Å². The average molecular weight is 451 g/mol. The van der Waals surface area contributed by atoms with Gasteiger partial charge in [-0.15, -0.1) is 0 Å². The molecule has 1 amide bonds. The molecule has 2 saturated heterocycles. The lowest BCUT2D eigenvalue weighted by molar-refractivity contribution is 0.140. The summed E-state index contributed by atoms with van der Waals surface area (Å²) in [6.07, 6.45) is 14.0. The van der Waals surface area contributed by atoms with Crippen LogP contribution in [-0.4, -0.2) is 69.5 Å². The number of nitrogens with zero attached hydrogens (tertiary/aromatic N) is 3. The molecule has 2 aliphatic carbocycles. The number of carbonyl (C=O) groups is 1. The van der Waals surface area contributed by atoms with E-state index in [9.17, 15) is 4.79 Å². The Morgan fingerprint density at radius 2 is 1.94 bits per heavy atom. The van der Waals surface area contributed by atoms with E-state index >= 15 is 0 Å². The monoisotopic (exact) mass is 450 g/mol. The van der Waals surface area contributed by atoms with Gasteiger partial charge < -0.3 is 19.9 Å². The van der Waals surface area contributed by atoms with Crippen LogP contribution in [0.5, 0.6) is 0 Å². The molecule has 4 aliphatic rings. The van der Waals surface area contributed by atoms with Crippen molar-refractivity contribution in [2.45, 2.75) is 50.6 Å². The molecule has 33 heavy (non-hydrogen) atoms. The number of piperidine rings is 1. The molecule has 2 heterocycles. The van der Waals surface area contributed by atoms with Crippen LogP contribution in [0.1, 0.15) is 38.5 Å². The van der Waals surface area contributed by atoms with Gasteiger partial charge in [0.2, 0.25) is 0 Å². The zero-order valence-corrected chi connectivity index (χ0v) is 19.9. The highest BCUT2D eigenvalue weighted by Crippen LogP contribution is 2.40. The second kappa shape index (κ2) is 10.3. The molecule has 178 valence electrons. The van der Waals surface area contributed by atoms with Crippen molar-refractivity contribution >= 4 is 17.5 Å². The number of anilines is 2. The minimum absolute atomic E-state index is 0.236. The van der Waals surface area contributed by atoms with Gasteiger partial charge in [0.05, 0.1) is 6.61 Å². The Labute approximate surface area is 198 Å². The molecule has 1 N–H and O–H groups in total. The first kappa shape index (κ1) is 22.5. The molecule has 6 heteroatoms. The Hall–Kier alpha value is -2.31. The van der Waals surface area contributed by atoms with Gasteiger partial charge in [-0.1, -0.05) is 18.2 Å². The van der Waals surface area contributed by atoms with Crippen LogP contribution >= 0.6 is 0 Å². The normalized spacial score (nSPS) is 26.2. The summed E-state index contributed by atoms with van der Waals surface area (Å²) in [5.74, 6) is 0.764. The number of carbonyl (C=O) groups excluding carboxylic acids is 1. The number of hydrogen-bond donors (Lipinski definition) is 1. The minimum Gasteiger partial charge on any atom is -0.449 e. The maximum Gasteiger partial charge on any atom is 0.414 e. The summed E-state index contributed by atoms with van der Waals surface area (Å²) in [5, 5.41) is 3.94. The summed E-state index contributed by atoms with van der Waals surface area (Å²) in [7, 11) is 2.15. The third-order valence-corrected chi connectivity index (χ3v) is 7.61. The molecular formula is C27H38N4O2. The molecule has 5 rings (SSSR count). The van der Waals surface area contributed by atoms with Gasteiger partial charge in [-0.2, -0.15) is 0 Å². The highest BCUT2D eigenvalue weighted by Gasteiger charge is 2.40. The Morgan fingerprint density at radius 1 is 1.12 bits per heavy atom. The molecule has 1 aromatic rings. The fourth-order valence-corrected chi connectivity index (χ4v) is 5.38. The number of hydrogen-bond acceptors (Lipinski definition) is 5. The Kier molecular flexibility index (Phi) is 7.02. The van der Waals surface area contributed by atoms with E-state index in [4.69, 9.17) is 4.74 Å². The van der Waals surface area contributed by atoms with E-state index in [-0.39, 0.29) is 6.09 Å². The summed E-state index contributed by atoms with van der Waals surface area (Å²) in [6.45, 7) is 5.72. The lowest BCUT2D eigenvalue weighted by Crippen LogP contribution is -2.45. The number of benzene rings is 1. The number of likely N-dealkylation sites (tertiary alicyclic amines) is 1. The van der Waals surface area contributed by atoms with E-state index in [1.807, 2.05) is 12.1 Å². The van der Waals surface area contributed by atoms with Gasteiger partial charge >= 0.3 is 6.09 Å². The van der Waals surface area contributed by atoms with Crippen LogP contribution < -0.4 is 15.1 Å². The van der Waals surface area contributed by atoms with Crippen molar-refractivity contribution in [3.05, 3.63) is 48.1 Å². The summed E-state index contributed by atoms with van der Waals surface area (Å²) < 4.78 is 5.15. The molecule has 1 aromatic carbocycles. The van der Waals surface area contributed by atoms with Crippen LogP contribution in [0.15, 0.2) is 48.1 Å². The molecule has 0 radical (unpaired) electrons. The third-order valence-electron chi connectivity index (χ3n) is 7.61. The molecule has 2 aliphatic heterocycles. The van der Waals surface area contributed by atoms with Crippen LogP contribution in [-0.2, 0) is 4.74 Å². The van der Waals surface area contributed by atoms with Crippen LogP contribution in [0.25, 0.3) is 0 Å². The molecule has 0 aromatic heterocycles. The second-order valence-corrected chi connectivity index (χ2v) is 9.97. The van der Waals surface area contributed by atoms with Gasteiger partial charge in [0.15, 0.2) is 0 Å². The zero-order valence-electron chi connectivity index (χ0n) is 19.9. The maximum atomic E-state index is 11.9. The van der Waals surface area contributed by atoms with Crippen LogP contribution in [0, 0.1) is 5.92 Å². The van der Waals surface area contributed by atoms with E-state index in [1.54, 1.807) is 10.5 Å². The molecule has 0 bridgehead atoms. The van der Waals surface area contributed by atoms with E-state index in [0.717, 1.165) is 37.7 Å².